The Hall–Kier alpha value is -2.08. The number of nitrogens with one attached hydrogen (secondary N) is 1. The molecule has 0 heterocycles. The molecule has 1 aromatic rings. The van der Waals surface area contributed by atoms with Gasteiger partial charge in [0.05, 0.1) is 6.42 Å². The highest BCUT2D eigenvalue weighted by molar-refractivity contribution is 6.30. The smallest absolute Gasteiger partial charge is 0.305 e. The average molecular weight is 447 g/mol. The molecule has 0 radical (unpaired) electrons. The first-order valence-corrected chi connectivity index (χ1v) is 11.8. The van der Waals surface area contributed by atoms with Crippen LogP contribution in [0, 0.1) is 17.8 Å². The van der Waals surface area contributed by atoms with E-state index in [0.29, 0.717) is 41.3 Å². The number of hydrogen-bond acceptors (Lipinski definition) is 3. The summed E-state index contributed by atoms with van der Waals surface area (Å²) in [5.74, 6) is 1.08. The second-order valence-electron chi connectivity index (χ2n) is 9.70. The zero-order chi connectivity index (χ0) is 22.0. The molecule has 31 heavy (non-hydrogen) atoms. The van der Waals surface area contributed by atoms with Crippen LogP contribution in [0.4, 0.5) is 0 Å². The Morgan fingerprint density at radius 3 is 2.13 bits per heavy atom. The number of aliphatic carboxylic acids is 1. The van der Waals surface area contributed by atoms with E-state index in [0.717, 1.165) is 19.3 Å². The van der Waals surface area contributed by atoms with Crippen molar-refractivity contribution in [3.05, 3.63) is 34.9 Å². The molecule has 4 bridgehead atoms. The van der Waals surface area contributed by atoms with Crippen molar-refractivity contribution in [2.24, 2.45) is 17.8 Å². The van der Waals surface area contributed by atoms with Crippen LogP contribution in [0.25, 0.3) is 0 Å². The lowest BCUT2D eigenvalue weighted by atomic mass is 9.52. The highest BCUT2D eigenvalue weighted by Gasteiger charge is 2.54. The first kappa shape index (κ1) is 22.1. The van der Waals surface area contributed by atoms with Crippen LogP contribution in [-0.4, -0.2) is 46.4 Å². The first-order chi connectivity index (χ1) is 14.8. The Balaban J connectivity index is 1.46. The van der Waals surface area contributed by atoms with Crippen LogP contribution in [0.5, 0.6) is 0 Å². The molecule has 7 heteroatoms. The number of benzene rings is 1. The summed E-state index contributed by atoms with van der Waals surface area (Å²) >= 11 is 6.03. The largest absolute Gasteiger partial charge is 0.481 e. The van der Waals surface area contributed by atoms with Crippen molar-refractivity contribution in [3.63, 3.8) is 0 Å². The lowest BCUT2D eigenvalue weighted by Crippen LogP contribution is -2.61. The van der Waals surface area contributed by atoms with Crippen molar-refractivity contribution in [2.45, 2.75) is 63.3 Å². The van der Waals surface area contributed by atoms with Crippen LogP contribution in [0.2, 0.25) is 5.02 Å². The Labute approximate surface area is 188 Å². The summed E-state index contributed by atoms with van der Waals surface area (Å²) in [7, 11) is 0. The number of carboxylic acid groups (broad SMARTS) is 1. The van der Waals surface area contributed by atoms with Gasteiger partial charge in [-0.05, 0) is 87.0 Å². The average Bonchev–Trinajstić information content (AvgIpc) is 2.70. The topological polar surface area (TPSA) is 86.7 Å². The molecule has 0 aromatic heterocycles. The molecule has 4 fully saturated rings. The maximum atomic E-state index is 13.6. The van der Waals surface area contributed by atoms with E-state index in [4.69, 9.17) is 16.7 Å². The second-order valence-corrected chi connectivity index (χ2v) is 10.1. The van der Waals surface area contributed by atoms with Gasteiger partial charge in [0.2, 0.25) is 5.91 Å². The summed E-state index contributed by atoms with van der Waals surface area (Å²) in [5, 5.41) is 12.0. The predicted molar refractivity (Wildman–Crippen MR) is 118 cm³/mol. The van der Waals surface area contributed by atoms with Crippen molar-refractivity contribution in [3.8, 4) is 0 Å². The molecule has 4 aliphatic rings. The quantitative estimate of drug-likeness (QED) is 0.597. The summed E-state index contributed by atoms with van der Waals surface area (Å²) in [6.07, 6.45) is 7.89. The highest BCUT2D eigenvalue weighted by Crippen LogP contribution is 2.58. The normalized spacial score (nSPS) is 28.4. The zero-order valence-corrected chi connectivity index (χ0v) is 18.6. The van der Waals surface area contributed by atoms with Gasteiger partial charge in [-0.15, -0.1) is 0 Å². The van der Waals surface area contributed by atoms with Crippen LogP contribution in [0.15, 0.2) is 24.3 Å². The Bertz CT molecular complexity index is 803. The standard InChI is InChI=1S/C24H31ClN2O4/c25-20-5-3-19(4-6-20)23(31)27(9-1-2-21(28)26-8-7-22(29)30)24-13-16-10-17(14-24)12-18(11-16)15-24/h3-6,16-18H,1-2,7-15H2,(H,26,28)(H,29,30). The molecule has 4 saturated carbocycles. The number of hydrogen-bond donors (Lipinski definition) is 2. The molecule has 4 aliphatic carbocycles. The number of carbonyl (C=O) groups excluding carboxylic acids is 2. The Morgan fingerprint density at radius 1 is 1.00 bits per heavy atom. The van der Waals surface area contributed by atoms with Gasteiger partial charge in [-0.1, -0.05) is 11.6 Å². The third-order valence-electron chi connectivity index (χ3n) is 7.36. The third kappa shape index (κ3) is 5.05. The van der Waals surface area contributed by atoms with E-state index in [-0.39, 0.29) is 36.7 Å². The fraction of sp³-hybridized carbons (Fsp3) is 0.625. The molecular weight excluding hydrogens is 416 g/mol. The molecule has 2 N–H and O–H groups in total. The van der Waals surface area contributed by atoms with Gasteiger partial charge in [-0.25, -0.2) is 0 Å². The van der Waals surface area contributed by atoms with Gasteiger partial charge < -0.3 is 15.3 Å². The number of carboxylic acids is 1. The van der Waals surface area contributed by atoms with Crippen molar-refractivity contribution in [1.29, 1.82) is 0 Å². The van der Waals surface area contributed by atoms with Crippen LogP contribution in [-0.2, 0) is 9.59 Å². The summed E-state index contributed by atoms with van der Waals surface area (Å²) in [5.41, 5.74) is 0.552. The molecule has 0 spiro atoms. The van der Waals surface area contributed by atoms with Gasteiger partial charge in [0.1, 0.15) is 0 Å². The maximum absolute atomic E-state index is 13.6. The van der Waals surface area contributed by atoms with E-state index in [1.165, 1.54) is 19.3 Å². The first-order valence-electron chi connectivity index (χ1n) is 11.4. The van der Waals surface area contributed by atoms with Gasteiger partial charge in [0.15, 0.2) is 0 Å². The summed E-state index contributed by atoms with van der Waals surface area (Å²) < 4.78 is 0. The van der Waals surface area contributed by atoms with Gasteiger partial charge in [0.25, 0.3) is 5.91 Å². The van der Waals surface area contributed by atoms with Crippen molar-refractivity contribution in [2.75, 3.05) is 13.1 Å². The van der Waals surface area contributed by atoms with Gasteiger partial charge >= 0.3 is 5.97 Å². The van der Waals surface area contributed by atoms with Gasteiger partial charge in [-0.2, -0.15) is 0 Å². The molecule has 0 aliphatic heterocycles. The van der Waals surface area contributed by atoms with E-state index < -0.39 is 5.97 Å². The van der Waals surface area contributed by atoms with E-state index >= 15 is 0 Å². The minimum atomic E-state index is -0.929. The predicted octanol–water partition coefficient (Wildman–Crippen LogP) is 4.12. The van der Waals surface area contributed by atoms with E-state index in [2.05, 4.69) is 10.2 Å². The fourth-order valence-corrected chi connectivity index (χ4v) is 6.62. The zero-order valence-electron chi connectivity index (χ0n) is 17.8. The highest BCUT2D eigenvalue weighted by atomic mass is 35.5. The molecule has 168 valence electrons. The number of carbonyl (C=O) groups is 3. The SMILES string of the molecule is O=C(O)CCNC(=O)CCCN(C(=O)c1ccc(Cl)cc1)C12CC3CC(CC(C3)C1)C2. The number of halogens is 1. The second kappa shape index (κ2) is 9.19. The third-order valence-corrected chi connectivity index (χ3v) is 7.61. The minimum absolute atomic E-state index is 0.0323. The van der Waals surface area contributed by atoms with Crippen LogP contribution in [0.1, 0.15) is 68.1 Å². The lowest BCUT2D eigenvalue weighted by Gasteiger charge is -2.60. The fourth-order valence-electron chi connectivity index (χ4n) is 6.49. The Morgan fingerprint density at radius 2 is 1.58 bits per heavy atom. The van der Waals surface area contributed by atoms with Crippen molar-refractivity contribution >= 4 is 29.4 Å². The summed E-state index contributed by atoms with van der Waals surface area (Å²) in [6, 6.07) is 7.08. The molecule has 6 nitrogen and oxygen atoms in total. The lowest BCUT2D eigenvalue weighted by molar-refractivity contribution is -0.136. The van der Waals surface area contributed by atoms with Crippen molar-refractivity contribution < 1.29 is 19.5 Å². The minimum Gasteiger partial charge on any atom is -0.481 e. The summed E-state index contributed by atoms with van der Waals surface area (Å²) in [4.78, 5) is 38.4. The number of amides is 2. The molecule has 0 saturated heterocycles. The van der Waals surface area contributed by atoms with Crippen LogP contribution in [0.3, 0.4) is 0 Å². The van der Waals surface area contributed by atoms with Crippen molar-refractivity contribution in [1.82, 2.24) is 10.2 Å². The van der Waals surface area contributed by atoms with Gasteiger partial charge in [-0.3, -0.25) is 14.4 Å². The van der Waals surface area contributed by atoms with Crippen LogP contribution < -0.4 is 5.32 Å². The number of nitrogens with zero attached hydrogens (tertiary/aromatic N) is 1. The van der Waals surface area contributed by atoms with E-state index in [1.807, 2.05) is 0 Å². The molecule has 2 amide bonds. The maximum Gasteiger partial charge on any atom is 0.305 e. The van der Waals surface area contributed by atoms with E-state index in [1.54, 1.807) is 24.3 Å². The summed E-state index contributed by atoms with van der Waals surface area (Å²) in [6.45, 7) is 0.677. The van der Waals surface area contributed by atoms with E-state index in [9.17, 15) is 14.4 Å². The molecule has 5 rings (SSSR count). The number of rotatable bonds is 9. The molecule has 1 aromatic carbocycles. The Kier molecular flexibility index (Phi) is 6.56. The van der Waals surface area contributed by atoms with Gasteiger partial charge in [0, 0.05) is 35.6 Å². The molecule has 0 atom stereocenters. The molecule has 0 unspecified atom stereocenters. The molecular formula is C24H31ClN2O4. The van der Waals surface area contributed by atoms with Crippen LogP contribution >= 0.6 is 11.6 Å². The monoisotopic (exact) mass is 446 g/mol.